The van der Waals surface area contributed by atoms with Crippen molar-refractivity contribution in [3.8, 4) is 11.5 Å². The Morgan fingerprint density at radius 1 is 1.06 bits per heavy atom. The number of aliphatic imine (C=N–C) groups is 1. The maximum atomic E-state index is 13.1. The Morgan fingerprint density at radius 3 is 2.49 bits per heavy atom. The molecule has 0 bridgehead atoms. The number of rotatable bonds is 8. The zero-order valence-electron chi connectivity index (χ0n) is 18.6. The van der Waals surface area contributed by atoms with Crippen LogP contribution < -0.4 is 14.8 Å². The van der Waals surface area contributed by atoms with Crippen molar-refractivity contribution in [2.75, 3.05) is 6.61 Å². The van der Waals surface area contributed by atoms with E-state index in [-0.39, 0.29) is 24.0 Å². The number of benzene rings is 3. The second-order valence-corrected chi connectivity index (χ2v) is 8.34. The Labute approximate surface area is 204 Å². The third-order valence-electron chi connectivity index (χ3n) is 4.82. The fourth-order valence-electron chi connectivity index (χ4n) is 3.14. The minimum Gasteiger partial charge on any atom is -0.490 e. The molecule has 8 nitrogen and oxygen atoms in total. The third kappa shape index (κ3) is 6.24. The molecule has 3 aromatic carbocycles. The number of carbonyl (C=O) groups excluding carboxylic acids is 1. The molecule has 1 amide bonds. The van der Waals surface area contributed by atoms with E-state index in [0.717, 1.165) is 11.1 Å². The van der Waals surface area contributed by atoms with Crippen LogP contribution in [0.2, 0.25) is 0 Å². The zero-order valence-corrected chi connectivity index (χ0v) is 19.4. The summed E-state index contributed by atoms with van der Waals surface area (Å²) in [5.41, 5.74) is 2.05. The smallest absolute Gasteiger partial charge is 0.269 e. The number of nitrogens with zero attached hydrogens (tertiary/aromatic N) is 2. The molecular weight excluding hydrogens is 473 g/mol. The van der Waals surface area contributed by atoms with Gasteiger partial charge in [0.2, 0.25) is 0 Å². The molecule has 0 atom stereocenters. The van der Waals surface area contributed by atoms with Gasteiger partial charge in [-0.1, -0.05) is 6.07 Å². The van der Waals surface area contributed by atoms with Crippen LogP contribution in [-0.4, -0.2) is 22.6 Å². The van der Waals surface area contributed by atoms with Gasteiger partial charge >= 0.3 is 0 Å². The average Bonchev–Trinajstić information content (AvgIpc) is 3.18. The number of hydrogen-bond donors (Lipinski definition) is 1. The number of amides is 1. The molecule has 0 unspecified atom stereocenters. The molecule has 35 heavy (non-hydrogen) atoms. The Kier molecular flexibility index (Phi) is 7.41. The summed E-state index contributed by atoms with van der Waals surface area (Å²) in [5.74, 6) is 0.372. The lowest BCUT2D eigenvalue weighted by Gasteiger charge is -2.13. The second kappa shape index (κ2) is 10.8. The van der Waals surface area contributed by atoms with Gasteiger partial charge in [-0.05, 0) is 84.4 Å². The summed E-state index contributed by atoms with van der Waals surface area (Å²) < 4.78 is 24.7. The Balaban J connectivity index is 1.48. The van der Waals surface area contributed by atoms with Crippen molar-refractivity contribution in [1.29, 1.82) is 0 Å². The van der Waals surface area contributed by atoms with Crippen LogP contribution in [0.5, 0.6) is 11.5 Å². The number of ether oxygens (including phenoxy) is 2. The highest BCUT2D eigenvalue weighted by Gasteiger charge is 2.24. The highest BCUT2D eigenvalue weighted by Crippen LogP contribution is 2.33. The summed E-state index contributed by atoms with van der Waals surface area (Å²) in [6, 6.07) is 17.1. The molecule has 1 fully saturated rings. The first kappa shape index (κ1) is 24.0. The second-order valence-electron chi connectivity index (χ2n) is 7.31. The molecule has 1 aliphatic heterocycles. The van der Waals surface area contributed by atoms with Crippen LogP contribution in [-0.2, 0) is 11.4 Å². The molecule has 4 rings (SSSR count). The highest BCUT2D eigenvalue weighted by atomic mass is 32.2. The van der Waals surface area contributed by atoms with E-state index in [1.54, 1.807) is 36.4 Å². The van der Waals surface area contributed by atoms with E-state index in [9.17, 15) is 19.3 Å². The molecule has 0 saturated carbocycles. The van der Waals surface area contributed by atoms with E-state index in [0.29, 0.717) is 33.9 Å². The molecule has 1 N–H and O–H groups in total. The van der Waals surface area contributed by atoms with E-state index in [2.05, 4.69) is 10.3 Å². The highest BCUT2D eigenvalue weighted by molar-refractivity contribution is 8.18. The van der Waals surface area contributed by atoms with Gasteiger partial charge in [0.05, 0.1) is 22.1 Å². The topological polar surface area (TPSA) is 103 Å². The van der Waals surface area contributed by atoms with Crippen LogP contribution in [0.4, 0.5) is 15.8 Å². The summed E-state index contributed by atoms with van der Waals surface area (Å²) >= 11 is 1.18. The van der Waals surface area contributed by atoms with Gasteiger partial charge in [0.1, 0.15) is 12.4 Å². The van der Waals surface area contributed by atoms with Gasteiger partial charge in [-0.15, -0.1) is 0 Å². The summed E-state index contributed by atoms with van der Waals surface area (Å²) in [5, 5.41) is 13.9. The number of nitro benzene ring substituents is 1. The summed E-state index contributed by atoms with van der Waals surface area (Å²) in [4.78, 5) is 27.5. The van der Waals surface area contributed by atoms with Gasteiger partial charge in [-0.25, -0.2) is 9.38 Å². The predicted molar refractivity (Wildman–Crippen MR) is 132 cm³/mol. The zero-order chi connectivity index (χ0) is 24.8. The number of thioether (sulfide) groups is 1. The quantitative estimate of drug-likeness (QED) is 0.249. The van der Waals surface area contributed by atoms with Crippen LogP contribution in [0.1, 0.15) is 18.1 Å². The molecule has 1 saturated heterocycles. The van der Waals surface area contributed by atoms with E-state index in [4.69, 9.17) is 9.47 Å². The average molecular weight is 494 g/mol. The monoisotopic (exact) mass is 493 g/mol. The van der Waals surface area contributed by atoms with Gasteiger partial charge in [0.25, 0.3) is 11.6 Å². The molecule has 0 aliphatic carbocycles. The van der Waals surface area contributed by atoms with Crippen LogP contribution >= 0.6 is 11.8 Å². The summed E-state index contributed by atoms with van der Waals surface area (Å²) in [7, 11) is 0. The number of hydrogen-bond acceptors (Lipinski definition) is 7. The molecule has 1 heterocycles. The molecule has 0 spiro atoms. The van der Waals surface area contributed by atoms with Gasteiger partial charge in [0, 0.05) is 12.1 Å². The molecule has 178 valence electrons. The van der Waals surface area contributed by atoms with Crippen molar-refractivity contribution < 1.29 is 23.6 Å². The van der Waals surface area contributed by atoms with E-state index < -0.39 is 4.92 Å². The number of non-ortho nitro benzene ring substituents is 1. The lowest BCUT2D eigenvalue weighted by molar-refractivity contribution is -0.384. The number of halogens is 1. The van der Waals surface area contributed by atoms with Crippen molar-refractivity contribution in [3.63, 3.8) is 0 Å². The van der Waals surface area contributed by atoms with Crippen molar-refractivity contribution in [2.45, 2.75) is 13.5 Å². The molecule has 0 radical (unpaired) electrons. The first-order chi connectivity index (χ1) is 16.9. The largest absolute Gasteiger partial charge is 0.490 e. The molecule has 1 aliphatic rings. The first-order valence-electron chi connectivity index (χ1n) is 10.6. The van der Waals surface area contributed by atoms with E-state index in [1.807, 2.05) is 6.92 Å². The lowest BCUT2D eigenvalue weighted by atomic mass is 10.1. The first-order valence-corrected chi connectivity index (χ1v) is 11.4. The number of carbonyl (C=O) groups is 1. The summed E-state index contributed by atoms with van der Waals surface area (Å²) in [6.45, 7) is 2.47. The van der Waals surface area contributed by atoms with E-state index in [1.165, 1.54) is 48.2 Å². The minimum atomic E-state index is -0.453. The molecule has 0 aromatic heterocycles. The van der Waals surface area contributed by atoms with Gasteiger partial charge in [0.15, 0.2) is 16.7 Å². The van der Waals surface area contributed by atoms with Gasteiger partial charge in [-0.2, -0.15) is 0 Å². The van der Waals surface area contributed by atoms with Crippen LogP contribution in [0.25, 0.3) is 6.08 Å². The van der Waals surface area contributed by atoms with Crippen molar-refractivity contribution in [2.24, 2.45) is 4.99 Å². The Hall–Kier alpha value is -4.18. The van der Waals surface area contributed by atoms with Crippen LogP contribution in [0, 0.1) is 15.9 Å². The molecule has 10 heteroatoms. The summed E-state index contributed by atoms with van der Waals surface area (Å²) in [6.07, 6.45) is 1.72. The number of nitrogens with one attached hydrogen (secondary N) is 1. The fraction of sp³-hybridized carbons (Fsp3) is 0.120. The molecular formula is C25H20FN3O5S. The normalized spacial score (nSPS) is 15.3. The Bertz CT molecular complexity index is 1310. The minimum absolute atomic E-state index is 0.0147. The Morgan fingerprint density at radius 2 is 1.80 bits per heavy atom. The van der Waals surface area contributed by atoms with Crippen molar-refractivity contribution in [3.05, 3.63) is 98.7 Å². The third-order valence-corrected chi connectivity index (χ3v) is 5.72. The van der Waals surface area contributed by atoms with Gasteiger partial charge < -0.3 is 14.8 Å². The van der Waals surface area contributed by atoms with Gasteiger partial charge in [-0.3, -0.25) is 14.9 Å². The number of amidine groups is 1. The van der Waals surface area contributed by atoms with E-state index >= 15 is 0 Å². The predicted octanol–water partition coefficient (Wildman–Crippen LogP) is 5.60. The standard InChI is InChI=1S/C25H20FN3O5S/c1-2-33-22-13-17(5-12-21(22)34-15-16-3-10-20(11-4-16)29(31)32)14-23-24(30)28-25(35-23)27-19-8-6-18(26)7-9-19/h3-14H,2,15H2,1H3,(H,27,28,30)/b23-14+. The van der Waals surface area contributed by atoms with Crippen LogP contribution in [0.15, 0.2) is 76.6 Å². The van der Waals surface area contributed by atoms with Crippen LogP contribution in [0.3, 0.4) is 0 Å². The van der Waals surface area contributed by atoms with Crippen molar-refractivity contribution >= 4 is 40.3 Å². The lowest BCUT2D eigenvalue weighted by Crippen LogP contribution is -2.19. The number of nitro groups is 1. The maximum absolute atomic E-state index is 13.1. The van der Waals surface area contributed by atoms with Crippen molar-refractivity contribution in [1.82, 2.24) is 5.32 Å². The SMILES string of the molecule is CCOc1cc(/C=C2/SC(=Nc3ccc(F)cc3)NC2=O)ccc1OCc1ccc([N+](=O)[O-])cc1. The maximum Gasteiger partial charge on any atom is 0.269 e. The molecule has 3 aromatic rings. The fourth-order valence-corrected chi connectivity index (χ4v) is 3.98.